The highest BCUT2D eigenvalue weighted by Crippen LogP contribution is 2.15. The number of ether oxygens (including phenoxy) is 2. The first-order chi connectivity index (χ1) is 9.54. The van der Waals surface area contributed by atoms with E-state index in [1.807, 2.05) is 19.0 Å². The zero-order chi connectivity index (χ0) is 15.0. The third-order valence-electron chi connectivity index (χ3n) is 2.64. The molecule has 112 valence electrons. The van der Waals surface area contributed by atoms with Crippen LogP contribution >= 0.6 is 0 Å². The van der Waals surface area contributed by atoms with Crippen molar-refractivity contribution in [2.75, 3.05) is 47.5 Å². The Morgan fingerprint density at radius 2 is 2.10 bits per heavy atom. The quantitative estimate of drug-likeness (QED) is 0.727. The third kappa shape index (κ3) is 5.54. The number of rotatable bonds is 8. The van der Waals surface area contributed by atoms with Crippen LogP contribution in [0, 0.1) is 5.82 Å². The summed E-state index contributed by atoms with van der Waals surface area (Å²) in [5.41, 5.74) is -0.000841. The van der Waals surface area contributed by atoms with Crippen LogP contribution < -0.4 is 10.1 Å². The predicted molar refractivity (Wildman–Crippen MR) is 74.7 cm³/mol. The number of hydrogen-bond donors (Lipinski definition) is 1. The summed E-state index contributed by atoms with van der Waals surface area (Å²) < 4.78 is 23.8. The summed E-state index contributed by atoms with van der Waals surface area (Å²) in [4.78, 5) is 13.8. The van der Waals surface area contributed by atoms with Crippen molar-refractivity contribution in [3.8, 4) is 5.75 Å². The fourth-order valence-electron chi connectivity index (χ4n) is 1.49. The van der Waals surface area contributed by atoms with Gasteiger partial charge in [-0.2, -0.15) is 0 Å². The van der Waals surface area contributed by atoms with Gasteiger partial charge in [0.25, 0.3) is 5.91 Å². The molecule has 1 rings (SSSR count). The second kappa shape index (κ2) is 8.50. The Kier molecular flexibility index (Phi) is 6.97. The average molecular weight is 284 g/mol. The van der Waals surface area contributed by atoms with Crippen LogP contribution in [-0.4, -0.2) is 58.3 Å². The van der Waals surface area contributed by atoms with Crippen LogP contribution in [0.15, 0.2) is 18.2 Å². The number of carbonyl (C=O) groups is 1. The summed E-state index contributed by atoms with van der Waals surface area (Å²) in [6, 6.07) is 4.13. The Labute approximate surface area is 118 Å². The molecule has 0 heterocycles. The number of nitrogens with one attached hydrogen (secondary N) is 1. The van der Waals surface area contributed by atoms with Gasteiger partial charge >= 0.3 is 0 Å². The molecule has 1 amide bonds. The Hall–Kier alpha value is -1.66. The van der Waals surface area contributed by atoms with E-state index in [2.05, 4.69) is 5.32 Å². The van der Waals surface area contributed by atoms with Crippen LogP contribution in [0.25, 0.3) is 0 Å². The van der Waals surface area contributed by atoms with Gasteiger partial charge in [0.1, 0.15) is 11.6 Å². The molecular formula is C14H21FN2O3. The Balaban J connectivity index is 2.32. The van der Waals surface area contributed by atoms with Crippen LogP contribution in [0.1, 0.15) is 10.4 Å². The number of hydrogen-bond acceptors (Lipinski definition) is 4. The van der Waals surface area contributed by atoms with Gasteiger partial charge in [-0.25, -0.2) is 4.39 Å². The van der Waals surface area contributed by atoms with E-state index < -0.39 is 11.7 Å². The maximum Gasteiger partial charge on any atom is 0.254 e. The maximum atomic E-state index is 13.6. The molecule has 0 aliphatic heterocycles. The molecule has 0 fully saturated rings. The minimum Gasteiger partial charge on any atom is -0.497 e. The summed E-state index contributed by atoms with van der Waals surface area (Å²) in [7, 11) is 5.36. The van der Waals surface area contributed by atoms with Crippen molar-refractivity contribution in [1.29, 1.82) is 0 Å². The number of nitrogens with zero attached hydrogens (tertiary/aromatic N) is 1. The van der Waals surface area contributed by atoms with E-state index in [4.69, 9.17) is 9.47 Å². The molecule has 0 bridgehead atoms. The Bertz CT molecular complexity index is 438. The summed E-state index contributed by atoms with van der Waals surface area (Å²) in [6.45, 7) is 2.16. The second-order valence-corrected chi connectivity index (χ2v) is 4.52. The summed E-state index contributed by atoms with van der Waals surface area (Å²) in [5, 5.41) is 2.61. The molecule has 20 heavy (non-hydrogen) atoms. The van der Waals surface area contributed by atoms with Gasteiger partial charge in [0.2, 0.25) is 0 Å². The molecule has 1 aromatic carbocycles. The molecule has 5 nitrogen and oxygen atoms in total. The Morgan fingerprint density at radius 1 is 1.35 bits per heavy atom. The minimum absolute atomic E-state index is 0.000841. The van der Waals surface area contributed by atoms with Gasteiger partial charge in [0.15, 0.2) is 0 Å². The number of amides is 1. The van der Waals surface area contributed by atoms with Gasteiger partial charge in [-0.1, -0.05) is 0 Å². The van der Waals surface area contributed by atoms with Gasteiger partial charge in [-0.3, -0.25) is 4.79 Å². The number of halogens is 1. The SMILES string of the molecule is COc1ccc(C(=O)NCCOCCN(C)C)c(F)c1. The van der Waals surface area contributed by atoms with E-state index in [0.717, 1.165) is 6.54 Å². The van der Waals surface area contributed by atoms with Crippen LogP contribution in [-0.2, 0) is 4.74 Å². The lowest BCUT2D eigenvalue weighted by atomic mass is 10.2. The molecule has 0 saturated carbocycles. The van der Waals surface area contributed by atoms with E-state index in [1.165, 1.54) is 19.2 Å². The molecule has 1 N–H and O–H groups in total. The van der Waals surface area contributed by atoms with Gasteiger partial charge in [0, 0.05) is 19.2 Å². The first-order valence-corrected chi connectivity index (χ1v) is 6.39. The molecular weight excluding hydrogens is 263 g/mol. The second-order valence-electron chi connectivity index (χ2n) is 4.52. The van der Waals surface area contributed by atoms with Crippen LogP contribution in [0.5, 0.6) is 5.75 Å². The standard InChI is InChI=1S/C14H21FN2O3/c1-17(2)7-9-20-8-6-16-14(18)12-5-4-11(19-3)10-13(12)15/h4-5,10H,6-9H2,1-3H3,(H,16,18). The van der Waals surface area contributed by atoms with E-state index >= 15 is 0 Å². The molecule has 6 heteroatoms. The number of methoxy groups -OCH3 is 1. The lowest BCUT2D eigenvalue weighted by Gasteiger charge is -2.10. The van der Waals surface area contributed by atoms with Crippen LogP contribution in [0.4, 0.5) is 4.39 Å². The van der Waals surface area contributed by atoms with Crippen molar-refractivity contribution in [3.05, 3.63) is 29.6 Å². The van der Waals surface area contributed by atoms with Crippen molar-refractivity contribution in [2.45, 2.75) is 0 Å². The fraction of sp³-hybridized carbons (Fsp3) is 0.500. The molecule has 0 saturated heterocycles. The normalized spacial score (nSPS) is 10.7. The lowest BCUT2D eigenvalue weighted by Crippen LogP contribution is -2.29. The highest BCUT2D eigenvalue weighted by atomic mass is 19.1. The van der Waals surface area contributed by atoms with E-state index in [0.29, 0.717) is 25.5 Å². The number of benzene rings is 1. The Morgan fingerprint density at radius 3 is 2.70 bits per heavy atom. The molecule has 1 aromatic rings. The molecule has 0 aliphatic rings. The van der Waals surface area contributed by atoms with Gasteiger partial charge in [-0.05, 0) is 26.2 Å². The van der Waals surface area contributed by atoms with Crippen LogP contribution in [0.3, 0.4) is 0 Å². The lowest BCUT2D eigenvalue weighted by molar-refractivity contribution is 0.0896. The van der Waals surface area contributed by atoms with E-state index in [-0.39, 0.29) is 5.56 Å². The van der Waals surface area contributed by atoms with Crippen molar-refractivity contribution in [2.24, 2.45) is 0 Å². The monoisotopic (exact) mass is 284 g/mol. The fourth-order valence-corrected chi connectivity index (χ4v) is 1.49. The first kappa shape index (κ1) is 16.4. The number of carbonyl (C=O) groups excluding carboxylic acids is 1. The maximum absolute atomic E-state index is 13.6. The van der Waals surface area contributed by atoms with Crippen molar-refractivity contribution < 1.29 is 18.7 Å². The summed E-state index contributed by atoms with van der Waals surface area (Å²) >= 11 is 0. The molecule has 0 aliphatic carbocycles. The summed E-state index contributed by atoms with van der Waals surface area (Å²) in [5.74, 6) is -0.678. The minimum atomic E-state index is -0.602. The smallest absolute Gasteiger partial charge is 0.254 e. The topological polar surface area (TPSA) is 50.8 Å². The molecule has 0 unspecified atom stereocenters. The van der Waals surface area contributed by atoms with Gasteiger partial charge in [-0.15, -0.1) is 0 Å². The molecule has 0 spiro atoms. The van der Waals surface area contributed by atoms with E-state index in [9.17, 15) is 9.18 Å². The van der Waals surface area contributed by atoms with Crippen molar-refractivity contribution in [3.63, 3.8) is 0 Å². The zero-order valence-electron chi connectivity index (χ0n) is 12.1. The highest BCUT2D eigenvalue weighted by molar-refractivity contribution is 5.94. The van der Waals surface area contributed by atoms with Crippen molar-refractivity contribution >= 4 is 5.91 Å². The van der Waals surface area contributed by atoms with Gasteiger partial charge in [0.05, 0.1) is 25.9 Å². The summed E-state index contributed by atoms with van der Waals surface area (Å²) in [6.07, 6.45) is 0. The van der Waals surface area contributed by atoms with Crippen molar-refractivity contribution in [1.82, 2.24) is 10.2 Å². The molecule has 0 radical (unpaired) electrons. The van der Waals surface area contributed by atoms with Gasteiger partial charge < -0.3 is 19.7 Å². The third-order valence-corrected chi connectivity index (χ3v) is 2.64. The van der Waals surface area contributed by atoms with E-state index in [1.54, 1.807) is 6.07 Å². The highest BCUT2D eigenvalue weighted by Gasteiger charge is 2.11. The average Bonchev–Trinajstić information content (AvgIpc) is 2.41. The van der Waals surface area contributed by atoms with Crippen LogP contribution in [0.2, 0.25) is 0 Å². The predicted octanol–water partition coefficient (Wildman–Crippen LogP) is 1.14. The zero-order valence-corrected chi connectivity index (χ0v) is 12.1. The number of likely N-dealkylation sites (N-methyl/N-ethyl adjacent to an activating group) is 1. The molecule has 0 atom stereocenters. The molecule has 0 aromatic heterocycles. The first-order valence-electron chi connectivity index (χ1n) is 6.39. The largest absolute Gasteiger partial charge is 0.497 e.